The summed E-state index contributed by atoms with van der Waals surface area (Å²) in [7, 11) is 0. The molecule has 2 atom stereocenters. The molecule has 0 spiro atoms. The van der Waals surface area contributed by atoms with Crippen LogP contribution in [0.5, 0.6) is 0 Å². The molecule has 2 saturated heterocycles. The third-order valence-electron chi connectivity index (χ3n) is 6.78. The van der Waals surface area contributed by atoms with Crippen molar-refractivity contribution in [1.82, 2.24) is 34.8 Å². The van der Waals surface area contributed by atoms with Crippen LogP contribution in [0, 0.1) is 18.8 Å². The number of nitrogens with zero attached hydrogens (tertiary/aromatic N) is 7. The van der Waals surface area contributed by atoms with Crippen LogP contribution in [0.15, 0.2) is 36.9 Å². The zero-order chi connectivity index (χ0) is 24.0. The third kappa shape index (κ3) is 3.97. The Morgan fingerprint density at radius 1 is 1.15 bits per heavy atom. The lowest BCUT2D eigenvalue weighted by Crippen LogP contribution is -2.64. The van der Waals surface area contributed by atoms with Crippen LogP contribution >= 0.6 is 0 Å². The summed E-state index contributed by atoms with van der Waals surface area (Å²) in [5.41, 5.74) is 0.549. The SMILES string of the molecule is Cc1ccc(-n2nccn2)c(C(=O)N2C3CC(C3)C(C)C2CNc2ncc(C(F)(F)F)cn2)n1. The molecular formula is C22H23F3N8O. The lowest BCUT2D eigenvalue weighted by atomic mass is 9.64. The second kappa shape index (κ2) is 8.33. The maximum absolute atomic E-state index is 13.8. The number of rotatable bonds is 5. The molecule has 2 aliphatic heterocycles. The first-order valence-electron chi connectivity index (χ1n) is 11.0. The van der Waals surface area contributed by atoms with E-state index in [1.807, 2.05) is 11.8 Å². The van der Waals surface area contributed by atoms with Crippen molar-refractivity contribution in [3.05, 3.63) is 53.9 Å². The zero-order valence-corrected chi connectivity index (χ0v) is 18.6. The van der Waals surface area contributed by atoms with Crippen molar-refractivity contribution in [3.8, 4) is 5.69 Å². The molecule has 3 fully saturated rings. The van der Waals surface area contributed by atoms with Gasteiger partial charge >= 0.3 is 6.18 Å². The number of pyridine rings is 1. The van der Waals surface area contributed by atoms with Gasteiger partial charge in [0.15, 0.2) is 5.69 Å². The number of halogens is 3. The minimum Gasteiger partial charge on any atom is -0.352 e. The van der Waals surface area contributed by atoms with Crippen molar-refractivity contribution in [3.63, 3.8) is 0 Å². The number of aromatic nitrogens is 6. The second-order valence-electron chi connectivity index (χ2n) is 8.84. The van der Waals surface area contributed by atoms with E-state index in [1.165, 1.54) is 17.2 Å². The smallest absolute Gasteiger partial charge is 0.352 e. The molecule has 1 aliphatic carbocycles. The predicted octanol–water partition coefficient (Wildman–Crippen LogP) is 3.13. The highest BCUT2D eigenvalue weighted by Gasteiger charge is 2.51. The standard InChI is InChI=1S/C22H23F3N8O/c1-12-3-4-17(33-29-5-6-30-33)19(31-12)20(34)32-16-7-14(8-16)13(2)18(32)11-28-21-26-9-15(10-27-21)22(23,24)25/h3-6,9-10,13-14,16,18H,7-8,11H2,1-2H3,(H,26,27,28). The number of piperidine rings is 2. The average Bonchev–Trinajstić information content (AvgIpc) is 3.31. The second-order valence-corrected chi connectivity index (χ2v) is 8.84. The Hall–Kier alpha value is -3.57. The molecule has 9 nitrogen and oxygen atoms in total. The van der Waals surface area contributed by atoms with E-state index in [1.54, 1.807) is 12.1 Å². The van der Waals surface area contributed by atoms with Crippen LogP contribution in [-0.4, -0.2) is 59.4 Å². The number of alkyl halides is 3. The first kappa shape index (κ1) is 22.2. The number of fused-ring (bicyclic) bond motifs is 2. The molecule has 12 heteroatoms. The van der Waals surface area contributed by atoms with Gasteiger partial charge < -0.3 is 10.2 Å². The lowest BCUT2D eigenvalue weighted by molar-refractivity contribution is -0.138. The summed E-state index contributed by atoms with van der Waals surface area (Å²) in [6, 6.07) is 3.45. The van der Waals surface area contributed by atoms with Crippen molar-refractivity contribution >= 4 is 11.9 Å². The molecule has 5 heterocycles. The van der Waals surface area contributed by atoms with Gasteiger partial charge in [-0.1, -0.05) is 6.92 Å². The van der Waals surface area contributed by atoms with Gasteiger partial charge in [0.2, 0.25) is 5.95 Å². The van der Waals surface area contributed by atoms with E-state index in [-0.39, 0.29) is 35.6 Å². The molecule has 3 aromatic heterocycles. The van der Waals surface area contributed by atoms with Crippen molar-refractivity contribution < 1.29 is 18.0 Å². The Bertz CT molecular complexity index is 1180. The Morgan fingerprint density at radius 3 is 2.47 bits per heavy atom. The Kier molecular flexibility index (Phi) is 5.45. The van der Waals surface area contributed by atoms with Crippen LogP contribution in [0.3, 0.4) is 0 Å². The van der Waals surface area contributed by atoms with E-state index < -0.39 is 11.7 Å². The first-order valence-corrected chi connectivity index (χ1v) is 11.0. The molecule has 1 saturated carbocycles. The highest BCUT2D eigenvalue weighted by molar-refractivity contribution is 5.96. The van der Waals surface area contributed by atoms with Crippen molar-refractivity contribution in [2.45, 2.75) is 44.9 Å². The Labute approximate surface area is 193 Å². The first-order chi connectivity index (χ1) is 16.2. The summed E-state index contributed by atoms with van der Waals surface area (Å²) >= 11 is 0. The van der Waals surface area contributed by atoms with Gasteiger partial charge in [-0.3, -0.25) is 4.79 Å². The lowest BCUT2D eigenvalue weighted by Gasteiger charge is -2.57. The Morgan fingerprint density at radius 2 is 1.82 bits per heavy atom. The van der Waals surface area contributed by atoms with Crippen molar-refractivity contribution in [2.24, 2.45) is 11.8 Å². The van der Waals surface area contributed by atoms with Gasteiger partial charge in [0.1, 0.15) is 5.69 Å². The number of hydrogen-bond donors (Lipinski definition) is 1. The molecule has 2 unspecified atom stereocenters. The van der Waals surface area contributed by atoms with E-state index in [9.17, 15) is 18.0 Å². The fourth-order valence-electron chi connectivity index (χ4n) is 4.82. The van der Waals surface area contributed by atoms with Gasteiger partial charge in [-0.15, -0.1) is 4.80 Å². The van der Waals surface area contributed by atoms with Gasteiger partial charge in [-0.05, 0) is 43.7 Å². The minimum atomic E-state index is -4.50. The van der Waals surface area contributed by atoms with E-state index >= 15 is 0 Å². The van der Waals surface area contributed by atoms with Crippen LogP contribution in [0.4, 0.5) is 19.1 Å². The number of carbonyl (C=O) groups is 1. The Balaban J connectivity index is 1.40. The third-order valence-corrected chi connectivity index (χ3v) is 6.78. The maximum atomic E-state index is 13.8. The normalized spacial score (nSPS) is 24.0. The van der Waals surface area contributed by atoms with Gasteiger partial charge in [0, 0.05) is 30.7 Å². The number of carbonyl (C=O) groups excluding carboxylic acids is 1. The highest BCUT2D eigenvalue weighted by Crippen LogP contribution is 2.47. The number of hydrogen-bond acceptors (Lipinski definition) is 7. The largest absolute Gasteiger partial charge is 0.419 e. The molecule has 1 amide bonds. The summed E-state index contributed by atoms with van der Waals surface area (Å²) in [6.45, 7) is 4.22. The molecular weight excluding hydrogens is 449 g/mol. The van der Waals surface area contributed by atoms with Crippen LogP contribution in [-0.2, 0) is 6.18 Å². The van der Waals surface area contributed by atoms with Gasteiger partial charge in [-0.2, -0.15) is 23.4 Å². The van der Waals surface area contributed by atoms with Crippen LogP contribution in [0.1, 0.15) is 41.5 Å². The van der Waals surface area contributed by atoms with E-state index in [4.69, 9.17) is 0 Å². The molecule has 6 rings (SSSR count). The molecule has 178 valence electrons. The van der Waals surface area contributed by atoms with Gasteiger partial charge in [0.25, 0.3) is 5.91 Å². The van der Waals surface area contributed by atoms with Crippen LogP contribution in [0.25, 0.3) is 5.69 Å². The molecule has 2 bridgehead atoms. The molecule has 1 N–H and O–H groups in total. The molecule has 3 aromatic rings. The zero-order valence-electron chi connectivity index (χ0n) is 18.6. The summed E-state index contributed by atoms with van der Waals surface area (Å²) in [4.78, 5) is 29.2. The van der Waals surface area contributed by atoms with E-state index in [2.05, 4.69) is 37.4 Å². The quantitative estimate of drug-likeness (QED) is 0.609. The molecule has 0 aromatic carbocycles. The number of nitrogens with one attached hydrogen (secondary N) is 1. The van der Waals surface area contributed by atoms with Gasteiger partial charge in [-0.25, -0.2) is 15.0 Å². The van der Waals surface area contributed by atoms with Crippen molar-refractivity contribution in [1.29, 1.82) is 0 Å². The predicted molar refractivity (Wildman–Crippen MR) is 115 cm³/mol. The van der Waals surface area contributed by atoms with Crippen LogP contribution < -0.4 is 5.32 Å². The van der Waals surface area contributed by atoms with E-state index in [0.717, 1.165) is 25.2 Å². The summed E-state index contributed by atoms with van der Waals surface area (Å²) < 4.78 is 38.4. The van der Waals surface area contributed by atoms with E-state index in [0.29, 0.717) is 23.8 Å². The number of anilines is 1. The maximum Gasteiger partial charge on any atom is 0.419 e. The summed E-state index contributed by atoms with van der Waals surface area (Å²) in [6.07, 6.45) is 1.90. The summed E-state index contributed by atoms with van der Waals surface area (Å²) in [5, 5.41) is 11.3. The monoisotopic (exact) mass is 472 g/mol. The number of aryl methyl sites for hydroxylation is 1. The number of amides is 1. The summed E-state index contributed by atoms with van der Waals surface area (Å²) in [5.74, 6) is 0.548. The minimum absolute atomic E-state index is 0.0785. The van der Waals surface area contributed by atoms with Gasteiger partial charge in [0.05, 0.1) is 24.0 Å². The molecule has 34 heavy (non-hydrogen) atoms. The highest BCUT2D eigenvalue weighted by atomic mass is 19.4. The molecule has 3 aliphatic rings. The molecule has 0 radical (unpaired) electrons. The van der Waals surface area contributed by atoms with Crippen LogP contribution in [0.2, 0.25) is 0 Å². The fourth-order valence-corrected chi connectivity index (χ4v) is 4.82. The topological polar surface area (TPSA) is 102 Å². The van der Waals surface area contributed by atoms with Crippen molar-refractivity contribution in [2.75, 3.05) is 11.9 Å². The fraction of sp³-hybridized carbons (Fsp3) is 0.455. The average molecular weight is 472 g/mol.